The molecule has 1 atom stereocenters. The molecular weight excluding hydrogens is 486 g/mol. The van der Waals surface area contributed by atoms with E-state index in [1.165, 1.54) is 36.0 Å². The fraction of sp³-hybridized carbons (Fsp3) is 0.556. The highest BCUT2D eigenvalue weighted by atomic mass is 19.2. The molecule has 0 saturated heterocycles. The van der Waals surface area contributed by atoms with Crippen molar-refractivity contribution in [1.29, 1.82) is 0 Å². The van der Waals surface area contributed by atoms with E-state index in [0.717, 1.165) is 70.6 Å². The number of allylic oxidation sites excluding steroid dienone is 4. The Balaban J connectivity index is 1.17. The first-order valence-corrected chi connectivity index (χ1v) is 15.6. The van der Waals surface area contributed by atoms with Gasteiger partial charge in [-0.15, -0.1) is 0 Å². The second-order valence-electron chi connectivity index (χ2n) is 11.8. The lowest BCUT2D eigenvalue weighted by atomic mass is 9.77. The molecule has 2 aliphatic rings. The van der Waals surface area contributed by atoms with Crippen LogP contribution in [0.3, 0.4) is 0 Å². The predicted molar refractivity (Wildman–Crippen MR) is 160 cm³/mol. The number of rotatable bonds is 13. The van der Waals surface area contributed by atoms with Crippen molar-refractivity contribution in [3.63, 3.8) is 0 Å². The van der Waals surface area contributed by atoms with E-state index in [9.17, 15) is 8.78 Å². The maximum atomic E-state index is 14.8. The quantitative estimate of drug-likeness (QED) is 0.183. The van der Waals surface area contributed by atoms with Crippen LogP contribution in [0.25, 0.3) is 5.57 Å². The Kier molecular flexibility index (Phi) is 11.7. The van der Waals surface area contributed by atoms with Gasteiger partial charge < -0.3 is 4.74 Å². The van der Waals surface area contributed by atoms with Crippen LogP contribution < -0.4 is 4.74 Å². The third kappa shape index (κ3) is 8.53. The van der Waals surface area contributed by atoms with E-state index >= 15 is 0 Å². The normalized spacial score (nSPS) is 21.7. The zero-order chi connectivity index (χ0) is 27.5. The molecule has 1 saturated carbocycles. The smallest absolute Gasteiger partial charge is 0.200 e. The summed E-state index contributed by atoms with van der Waals surface area (Å²) in [6.45, 7) is 4.78. The lowest BCUT2D eigenvalue weighted by Gasteiger charge is -2.29. The van der Waals surface area contributed by atoms with Gasteiger partial charge in [0.1, 0.15) is 0 Å². The van der Waals surface area contributed by atoms with Crippen molar-refractivity contribution in [3.8, 4) is 5.75 Å². The fourth-order valence-corrected chi connectivity index (χ4v) is 6.36. The van der Waals surface area contributed by atoms with Gasteiger partial charge >= 0.3 is 0 Å². The van der Waals surface area contributed by atoms with Crippen LogP contribution in [0.5, 0.6) is 5.75 Å². The summed E-state index contributed by atoms with van der Waals surface area (Å²) in [6, 6.07) is 12.6. The van der Waals surface area contributed by atoms with Crippen molar-refractivity contribution in [2.45, 2.75) is 110 Å². The summed E-state index contributed by atoms with van der Waals surface area (Å²) in [6.07, 6.45) is 22.5. The first-order valence-electron chi connectivity index (χ1n) is 15.6. The molecule has 0 heterocycles. The standard InChI is InChI=1S/C36H48F2O/c1-3-5-8-26-39-34-25-24-33(35(37)36(34)38)32-22-16-29(17-23-32)11-7-6-10-28-14-20-31(21-15-28)30-18-12-27(9-4-2)13-19-30/h6,10,12-13,18-20,24-25,28-29,32H,3-5,7-9,11,14-17,21-23,26H2,1-2H3. The van der Waals surface area contributed by atoms with Crippen molar-refractivity contribution >= 4 is 5.57 Å². The Bertz CT molecular complexity index is 1080. The summed E-state index contributed by atoms with van der Waals surface area (Å²) in [5.41, 5.74) is 4.87. The van der Waals surface area contributed by atoms with Crippen molar-refractivity contribution < 1.29 is 13.5 Å². The molecule has 1 fully saturated rings. The van der Waals surface area contributed by atoms with E-state index in [1.807, 2.05) is 0 Å². The number of hydrogen-bond donors (Lipinski definition) is 0. The van der Waals surface area contributed by atoms with Crippen LogP contribution in [0.4, 0.5) is 8.78 Å². The molecule has 1 nitrogen and oxygen atoms in total. The number of halogens is 2. The van der Waals surface area contributed by atoms with Gasteiger partial charge in [-0.25, -0.2) is 4.39 Å². The maximum absolute atomic E-state index is 14.8. The molecule has 2 aliphatic carbocycles. The van der Waals surface area contributed by atoms with Gasteiger partial charge in [0.2, 0.25) is 5.82 Å². The molecule has 0 spiro atoms. The molecule has 0 amide bonds. The summed E-state index contributed by atoms with van der Waals surface area (Å²) in [7, 11) is 0. The van der Waals surface area contributed by atoms with Crippen LogP contribution in [-0.4, -0.2) is 6.61 Å². The summed E-state index contributed by atoms with van der Waals surface area (Å²) in [5, 5.41) is 0. The molecule has 0 N–H and O–H groups in total. The minimum Gasteiger partial charge on any atom is -0.490 e. The third-order valence-electron chi connectivity index (χ3n) is 8.83. The Labute approximate surface area is 235 Å². The Morgan fingerprint density at radius 3 is 2.36 bits per heavy atom. The number of benzene rings is 2. The molecule has 2 aromatic carbocycles. The number of hydrogen-bond acceptors (Lipinski definition) is 1. The van der Waals surface area contributed by atoms with E-state index < -0.39 is 11.6 Å². The molecule has 0 aliphatic heterocycles. The first kappa shape index (κ1) is 29.6. The highest BCUT2D eigenvalue weighted by Crippen LogP contribution is 2.40. The largest absolute Gasteiger partial charge is 0.490 e. The third-order valence-corrected chi connectivity index (χ3v) is 8.83. The van der Waals surface area contributed by atoms with Crippen LogP contribution in [0.2, 0.25) is 0 Å². The Morgan fingerprint density at radius 2 is 1.67 bits per heavy atom. The predicted octanol–water partition coefficient (Wildman–Crippen LogP) is 11.0. The van der Waals surface area contributed by atoms with Gasteiger partial charge in [-0.3, -0.25) is 0 Å². The van der Waals surface area contributed by atoms with E-state index in [4.69, 9.17) is 4.74 Å². The SMILES string of the molecule is CCCCCOc1ccc(C2CCC(CCC=CC3CC=C(c4ccc(CCC)cc4)CC3)CC2)c(F)c1F. The molecule has 0 aromatic heterocycles. The van der Waals surface area contributed by atoms with Gasteiger partial charge in [0.05, 0.1) is 6.61 Å². The van der Waals surface area contributed by atoms with Crippen LogP contribution in [0, 0.1) is 23.5 Å². The minimum absolute atomic E-state index is 0.0542. The molecule has 4 rings (SSSR count). The molecule has 39 heavy (non-hydrogen) atoms. The van der Waals surface area contributed by atoms with E-state index in [1.54, 1.807) is 12.1 Å². The Morgan fingerprint density at radius 1 is 0.872 bits per heavy atom. The average molecular weight is 535 g/mol. The first-order chi connectivity index (χ1) is 19.1. The zero-order valence-electron chi connectivity index (χ0n) is 24.2. The molecular formula is C36H48F2O. The van der Waals surface area contributed by atoms with E-state index in [2.05, 4.69) is 56.3 Å². The van der Waals surface area contributed by atoms with Crippen molar-refractivity contribution in [3.05, 3.63) is 83.0 Å². The molecule has 0 bridgehead atoms. The van der Waals surface area contributed by atoms with Gasteiger partial charge in [0.15, 0.2) is 11.6 Å². The highest BCUT2D eigenvalue weighted by molar-refractivity contribution is 5.66. The monoisotopic (exact) mass is 534 g/mol. The van der Waals surface area contributed by atoms with Crippen molar-refractivity contribution in [2.75, 3.05) is 6.61 Å². The highest BCUT2D eigenvalue weighted by Gasteiger charge is 2.26. The second-order valence-corrected chi connectivity index (χ2v) is 11.8. The second kappa shape index (κ2) is 15.4. The minimum atomic E-state index is -0.814. The maximum Gasteiger partial charge on any atom is 0.200 e. The van der Waals surface area contributed by atoms with Crippen molar-refractivity contribution in [2.24, 2.45) is 11.8 Å². The Hall–Kier alpha value is -2.42. The van der Waals surface area contributed by atoms with Gasteiger partial charge in [-0.2, -0.15) is 4.39 Å². The fourth-order valence-electron chi connectivity index (χ4n) is 6.36. The molecule has 1 unspecified atom stereocenters. The van der Waals surface area contributed by atoms with Gasteiger partial charge in [-0.1, -0.05) is 81.7 Å². The van der Waals surface area contributed by atoms with Gasteiger partial charge in [0, 0.05) is 0 Å². The molecule has 212 valence electrons. The number of unbranched alkanes of at least 4 members (excludes halogenated alkanes) is 2. The van der Waals surface area contributed by atoms with Crippen LogP contribution in [0.1, 0.15) is 120 Å². The number of ether oxygens (including phenoxy) is 1. The van der Waals surface area contributed by atoms with Crippen LogP contribution in [0.15, 0.2) is 54.6 Å². The molecule has 2 aromatic rings. The zero-order valence-corrected chi connectivity index (χ0v) is 24.2. The topological polar surface area (TPSA) is 9.23 Å². The van der Waals surface area contributed by atoms with Crippen LogP contribution in [-0.2, 0) is 6.42 Å². The molecule has 0 radical (unpaired) electrons. The molecule has 3 heteroatoms. The summed E-state index contributed by atoms with van der Waals surface area (Å²) in [4.78, 5) is 0. The van der Waals surface area contributed by atoms with Crippen molar-refractivity contribution in [1.82, 2.24) is 0 Å². The average Bonchev–Trinajstić information content (AvgIpc) is 2.97. The number of aryl methyl sites for hydroxylation is 1. The van der Waals surface area contributed by atoms with Gasteiger partial charge in [0.25, 0.3) is 0 Å². The lowest BCUT2D eigenvalue weighted by molar-refractivity contribution is 0.281. The summed E-state index contributed by atoms with van der Waals surface area (Å²) in [5.74, 6) is -0.00250. The summed E-state index contributed by atoms with van der Waals surface area (Å²) < 4.78 is 34.9. The van der Waals surface area contributed by atoms with E-state index in [-0.39, 0.29) is 11.7 Å². The summed E-state index contributed by atoms with van der Waals surface area (Å²) >= 11 is 0. The van der Waals surface area contributed by atoms with Crippen LogP contribution >= 0.6 is 0 Å². The van der Waals surface area contributed by atoms with Gasteiger partial charge in [-0.05, 0) is 117 Å². The lowest BCUT2D eigenvalue weighted by Crippen LogP contribution is -2.15. The van der Waals surface area contributed by atoms with E-state index in [0.29, 0.717) is 24.0 Å².